The van der Waals surface area contributed by atoms with Gasteiger partial charge < -0.3 is 9.64 Å². The predicted molar refractivity (Wildman–Crippen MR) is 99.5 cm³/mol. The summed E-state index contributed by atoms with van der Waals surface area (Å²) in [5, 5.41) is 0. The molecule has 0 radical (unpaired) electrons. The van der Waals surface area contributed by atoms with Crippen LogP contribution in [-0.2, 0) is 4.79 Å². The van der Waals surface area contributed by atoms with Gasteiger partial charge in [0.25, 0.3) is 0 Å². The van der Waals surface area contributed by atoms with Crippen molar-refractivity contribution in [2.75, 3.05) is 13.7 Å². The average molecular weight is 338 g/mol. The van der Waals surface area contributed by atoms with Crippen LogP contribution in [0.4, 0.5) is 0 Å². The topological polar surface area (TPSA) is 42.4 Å². The third-order valence-corrected chi connectivity index (χ3v) is 4.77. The van der Waals surface area contributed by atoms with E-state index < -0.39 is 0 Å². The van der Waals surface area contributed by atoms with Gasteiger partial charge in [-0.05, 0) is 55.2 Å². The van der Waals surface area contributed by atoms with E-state index in [9.17, 15) is 4.79 Å². The zero-order chi connectivity index (χ0) is 18.0. The van der Waals surface area contributed by atoms with Crippen molar-refractivity contribution in [2.24, 2.45) is 5.92 Å². The highest BCUT2D eigenvalue weighted by Crippen LogP contribution is 2.34. The molecule has 4 heteroatoms. The third-order valence-electron chi connectivity index (χ3n) is 4.77. The zero-order valence-corrected chi connectivity index (χ0v) is 15.5. The number of amides is 1. The molecule has 1 atom stereocenters. The van der Waals surface area contributed by atoms with E-state index in [1.165, 1.54) is 0 Å². The first kappa shape index (κ1) is 17.5. The van der Waals surface area contributed by atoms with Crippen molar-refractivity contribution < 1.29 is 9.53 Å². The first-order valence-corrected chi connectivity index (χ1v) is 8.93. The lowest BCUT2D eigenvalue weighted by atomic mass is 10.0. The molecule has 0 spiro atoms. The van der Waals surface area contributed by atoms with Crippen molar-refractivity contribution in [3.8, 4) is 16.9 Å². The standard InChI is InChI=1S/C21H26N2O2/c1-14(2)21(24)23-11-5-6-20(23)19-13-17(12-15(3)22-19)16-7-9-18(25-4)10-8-16/h7-10,12-14,20H,5-6,11H2,1-4H3. The largest absolute Gasteiger partial charge is 0.497 e. The normalized spacial score (nSPS) is 17.2. The molecule has 0 saturated carbocycles. The van der Waals surface area contributed by atoms with E-state index in [1.807, 2.05) is 37.8 Å². The Morgan fingerprint density at radius 1 is 1.20 bits per heavy atom. The number of methoxy groups -OCH3 is 1. The smallest absolute Gasteiger partial charge is 0.225 e. The Kier molecular flexibility index (Phi) is 5.07. The van der Waals surface area contributed by atoms with Crippen LogP contribution in [0.1, 0.15) is 44.1 Å². The molecule has 1 aliphatic heterocycles. The molecule has 1 saturated heterocycles. The summed E-state index contributed by atoms with van der Waals surface area (Å²) in [5.41, 5.74) is 4.24. The van der Waals surface area contributed by atoms with Gasteiger partial charge >= 0.3 is 0 Å². The Hall–Kier alpha value is -2.36. The number of likely N-dealkylation sites (tertiary alicyclic amines) is 1. The van der Waals surface area contributed by atoms with E-state index in [0.717, 1.165) is 47.7 Å². The lowest BCUT2D eigenvalue weighted by Crippen LogP contribution is -2.34. The average Bonchev–Trinajstić information content (AvgIpc) is 3.10. The number of rotatable bonds is 4. The van der Waals surface area contributed by atoms with Gasteiger partial charge in [-0.2, -0.15) is 0 Å². The molecule has 1 aliphatic rings. The van der Waals surface area contributed by atoms with Gasteiger partial charge in [0, 0.05) is 18.2 Å². The van der Waals surface area contributed by atoms with Gasteiger partial charge in [0.1, 0.15) is 5.75 Å². The molecule has 1 aromatic carbocycles. The maximum atomic E-state index is 12.5. The van der Waals surface area contributed by atoms with E-state index in [0.29, 0.717) is 0 Å². The summed E-state index contributed by atoms with van der Waals surface area (Å²) in [6, 6.07) is 12.4. The Morgan fingerprint density at radius 2 is 1.92 bits per heavy atom. The summed E-state index contributed by atoms with van der Waals surface area (Å²) in [6.45, 7) is 6.77. The van der Waals surface area contributed by atoms with E-state index in [1.54, 1.807) is 7.11 Å². The van der Waals surface area contributed by atoms with Gasteiger partial charge in [-0.25, -0.2) is 0 Å². The van der Waals surface area contributed by atoms with Crippen LogP contribution < -0.4 is 4.74 Å². The van der Waals surface area contributed by atoms with Crippen LogP contribution in [0.2, 0.25) is 0 Å². The summed E-state index contributed by atoms with van der Waals surface area (Å²) < 4.78 is 5.24. The molecular weight excluding hydrogens is 312 g/mol. The van der Waals surface area contributed by atoms with Crippen molar-refractivity contribution in [1.29, 1.82) is 0 Å². The van der Waals surface area contributed by atoms with Crippen LogP contribution in [0.3, 0.4) is 0 Å². The fraction of sp³-hybridized carbons (Fsp3) is 0.429. The molecule has 1 aromatic heterocycles. The lowest BCUT2D eigenvalue weighted by Gasteiger charge is -2.26. The van der Waals surface area contributed by atoms with E-state index in [-0.39, 0.29) is 17.9 Å². The second kappa shape index (κ2) is 7.26. The molecule has 3 rings (SSSR count). The van der Waals surface area contributed by atoms with Gasteiger partial charge in [0.15, 0.2) is 0 Å². The number of nitrogens with zero attached hydrogens (tertiary/aromatic N) is 2. The number of pyridine rings is 1. The Morgan fingerprint density at radius 3 is 2.56 bits per heavy atom. The number of carbonyl (C=O) groups is 1. The molecule has 0 aliphatic carbocycles. The number of hydrogen-bond donors (Lipinski definition) is 0. The Bertz CT molecular complexity index is 753. The highest BCUT2D eigenvalue weighted by atomic mass is 16.5. The molecule has 1 unspecified atom stereocenters. The van der Waals surface area contributed by atoms with Crippen LogP contribution in [0, 0.1) is 12.8 Å². The SMILES string of the molecule is COc1ccc(-c2cc(C)nc(C3CCCN3C(=O)C(C)C)c2)cc1. The summed E-state index contributed by atoms with van der Waals surface area (Å²) in [7, 11) is 1.67. The maximum absolute atomic E-state index is 12.5. The Balaban J connectivity index is 1.94. The molecule has 25 heavy (non-hydrogen) atoms. The van der Waals surface area contributed by atoms with E-state index in [4.69, 9.17) is 9.72 Å². The van der Waals surface area contributed by atoms with Crippen LogP contribution in [0.15, 0.2) is 36.4 Å². The summed E-state index contributed by atoms with van der Waals surface area (Å²) >= 11 is 0. The predicted octanol–water partition coefficient (Wildman–Crippen LogP) is 4.39. The second-order valence-corrected chi connectivity index (χ2v) is 6.99. The zero-order valence-electron chi connectivity index (χ0n) is 15.5. The van der Waals surface area contributed by atoms with E-state index in [2.05, 4.69) is 24.3 Å². The van der Waals surface area contributed by atoms with Crippen LogP contribution in [0.5, 0.6) is 5.75 Å². The van der Waals surface area contributed by atoms with Gasteiger partial charge in [0.2, 0.25) is 5.91 Å². The lowest BCUT2D eigenvalue weighted by molar-refractivity contribution is -0.135. The number of carbonyl (C=O) groups excluding carboxylic acids is 1. The molecular formula is C21H26N2O2. The minimum absolute atomic E-state index is 0.0199. The fourth-order valence-electron chi connectivity index (χ4n) is 3.48. The number of aromatic nitrogens is 1. The van der Waals surface area contributed by atoms with Crippen LogP contribution >= 0.6 is 0 Å². The third kappa shape index (κ3) is 3.68. The monoisotopic (exact) mass is 338 g/mol. The number of aryl methyl sites for hydroxylation is 1. The second-order valence-electron chi connectivity index (χ2n) is 6.99. The van der Waals surface area contributed by atoms with Crippen molar-refractivity contribution in [2.45, 2.75) is 39.7 Å². The molecule has 0 N–H and O–H groups in total. The molecule has 132 valence electrons. The first-order chi connectivity index (χ1) is 12.0. The minimum Gasteiger partial charge on any atom is -0.497 e. The van der Waals surface area contributed by atoms with Crippen molar-refractivity contribution in [3.63, 3.8) is 0 Å². The number of benzene rings is 1. The van der Waals surface area contributed by atoms with Gasteiger partial charge in [0.05, 0.1) is 18.8 Å². The Labute approximate surface area is 149 Å². The van der Waals surface area contributed by atoms with Gasteiger partial charge in [-0.1, -0.05) is 26.0 Å². The molecule has 2 aromatic rings. The summed E-state index contributed by atoms with van der Waals surface area (Å²) in [4.78, 5) is 19.3. The van der Waals surface area contributed by atoms with Crippen LogP contribution in [-0.4, -0.2) is 29.4 Å². The summed E-state index contributed by atoms with van der Waals surface area (Å²) in [6.07, 6.45) is 2.02. The maximum Gasteiger partial charge on any atom is 0.225 e. The quantitative estimate of drug-likeness (QED) is 0.830. The van der Waals surface area contributed by atoms with Crippen molar-refractivity contribution in [3.05, 3.63) is 47.8 Å². The molecule has 4 nitrogen and oxygen atoms in total. The van der Waals surface area contributed by atoms with Crippen molar-refractivity contribution >= 4 is 5.91 Å². The number of hydrogen-bond acceptors (Lipinski definition) is 3. The fourth-order valence-corrected chi connectivity index (χ4v) is 3.48. The molecule has 2 heterocycles. The first-order valence-electron chi connectivity index (χ1n) is 8.93. The number of ether oxygens (including phenoxy) is 1. The molecule has 0 bridgehead atoms. The van der Waals surface area contributed by atoms with Gasteiger partial charge in [-0.3, -0.25) is 9.78 Å². The minimum atomic E-state index is 0.0199. The summed E-state index contributed by atoms with van der Waals surface area (Å²) in [5.74, 6) is 1.09. The van der Waals surface area contributed by atoms with Crippen molar-refractivity contribution in [1.82, 2.24) is 9.88 Å². The van der Waals surface area contributed by atoms with Gasteiger partial charge in [-0.15, -0.1) is 0 Å². The van der Waals surface area contributed by atoms with Crippen LogP contribution in [0.25, 0.3) is 11.1 Å². The van der Waals surface area contributed by atoms with E-state index >= 15 is 0 Å². The highest BCUT2D eigenvalue weighted by Gasteiger charge is 2.32. The highest BCUT2D eigenvalue weighted by molar-refractivity contribution is 5.79. The molecule has 1 fully saturated rings. The molecule has 1 amide bonds.